The lowest BCUT2D eigenvalue weighted by Crippen LogP contribution is -2.20. The van der Waals surface area contributed by atoms with Crippen LogP contribution in [-0.4, -0.2) is 29.8 Å². The van der Waals surface area contributed by atoms with Crippen molar-refractivity contribution in [2.24, 2.45) is 11.5 Å². The van der Waals surface area contributed by atoms with Crippen molar-refractivity contribution in [1.29, 1.82) is 5.41 Å². The Kier molecular flexibility index (Phi) is 13.5. The van der Waals surface area contributed by atoms with Gasteiger partial charge in [0.25, 0.3) is 11.8 Å². The molecule has 0 aromatic heterocycles. The van der Waals surface area contributed by atoms with Crippen molar-refractivity contribution in [1.82, 2.24) is 5.32 Å². The van der Waals surface area contributed by atoms with Gasteiger partial charge in [0.15, 0.2) is 5.96 Å². The van der Waals surface area contributed by atoms with Crippen LogP contribution in [0, 0.1) is 5.41 Å². The first-order valence-corrected chi connectivity index (χ1v) is 7.02. The molecule has 1 aliphatic heterocycles. The molecule has 8 nitrogen and oxygen atoms in total. The molecular weight excluding hydrogens is 288 g/mol. The zero-order chi connectivity index (χ0) is 17.5. The number of imide groups is 1. The van der Waals surface area contributed by atoms with Gasteiger partial charge in [-0.3, -0.25) is 25.1 Å². The zero-order valence-corrected chi connectivity index (χ0v) is 13.3. The topological polar surface area (TPSA) is 148 Å². The molecule has 8 heteroatoms. The van der Waals surface area contributed by atoms with Gasteiger partial charge in [0.05, 0.1) is 0 Å². The number of unbranched alkanes of at least 4 members (excludes halogenated alkanes) is 1. The van der Waals surface area contributed by atoms with Gasteiger partial charge < -0.3 is 16.2 Å². The van der Waals surface area contributed by atoms with Crippen LogP contribution in [0.1, 0.15) is 46.5 Å². The summed E-state index contributed by atoms with van der Waals surface area (Å²) >= 11 is 0. The average Bonchev–Trinajstić information content (AvgIpc) is 2.78. The monoisotopic (exact) mass is 314 g/mol. The van der Waals surface area contributed by atoms with Crippen LogP contribution in [0.25, 0.3) is 0 Å². The van der Waals surface area contributed by atoms with E-state index in [0.29, 0.717) is 0 Å². The summed E-state index contributed by atoms with van der Waals surface area (Å²) in [6, 6.07) is 0. The number of rotatable bonds is 5. The summed E-state index contributed by atoms with van der Waals surface area (Å²) in [5, 5.41) is 8.08. The molecule has 1 atom stereocenters. The highest BCUT2D eigenvalue weighted by atomic mass is 16.5. The summed E-state index contributed by atoms with van der Waals surface area (Å²) < 4.78 is 5.06. The predicted octanol–water partition coefficient (Wildman–Crippen LogP) is 0.556. The van der Waals surface area contributed by atoms with Gasteiger partial charge in [0, 0.05) is 19.1 Å². The Hall–Kier alpha value is -2.38. The highest BCUT2D eigenvalue weighted by Gasteiger charge is 2.07. The van der Waals surface area contributed by atoms with Crippen molar-refractivity contribution < 1.29 is 19.1 Å². The molecule has 0 radical (unpaired) electrons. The number of carbonyl (C=O) groups is 3. The van der Waals surface area contributed by atoms with Crippen LogP contribution < -0.4 is 16.8 Å². The van der Waals surface area contributed by atoms with Gasteiger partial charge in [0.2, 0.25) is 0 Å². The lowest BCUT2D eigenvalue weighted by molar-refractivity contribution is -0.146. The van der Waals surface area contributed by atoms with Crippen LogP contribution >= 0.6 is 0 Å². The molecule has 6 N–H and O–H groups in total. The van der Waals surface area contributed by atoms with Gasteiger partial charge in [0.1, 0.15) is 6.10 Å². The van der Waals surface area contributed by atoms with Crippen molar-refractivity contribution in [3.05, 3.63) is 12.2 Å². The minimum atomic E-state index is -0.333. The fraction of sp³-hybridized carbons (Fsp3) is 0.571. The molecule has 0 saturated heterocycles. The number of hydrogen-bond donors (Lipinski definition) is 4. The normalized spacial score (nSPS) is 13.0. The van der Waals surface area contributed by atoms with E-state index in [0.717, 1.165) is 25.7 Å². The molecule has 0 fully saturated rings. The van der Waals surface area contributed by atoms with Gasteiger partial charge in [-0.25, -0.2) is 0 Å². The third-order valence-corrected chi connectivity index (χ3v) is 2.30. The van der Waals surface area contributed by atoms with Crippen LogP contribution in [0.3, 0.4) is 0 Å². The second-order valence-electron chi connectivity index (χ2n) is 4.42. The lowest BCUT2D eigenvalue weighted by atomic mass is 10.1. The Morgan fingerprint density at radius 1 is 1.27 bits per heavy atom. The van der Waals surface area contributed by atoms with Gasteiger partial charge >= 0.3 is 5.97 Å². The molecule has 0 bridgehead atoms. The largest absolute Gasteiger partial charge is 0.463 e. The molecule has 0 aliphatic carbocycles. The molecule has 1 heterocycles. The van der Waals surface area contributed by atoms with E-state index in [9.17, 15) is 14.4 Å². The summed E-state index contributed by atoms with van der Waals surface area (Å²) in [6.45, 7) is 5.65. The second kappa shape index (κ2) is 13.6. The smallest absolute Gasteiger partial charge is 0.302 e. The SMILES string of the molecule is CCCCC(CC)OC(C)=O.N=C(N)N.O=C1C=CC(=O)N1. The van der Waals surface area contributed by atoms with Crippen LogP contribution in [0.4, 0.5) is 0 Å². The van der Waals surface area contributed by atoms with Gasteiger partial charge in [-0.1, -0.05) is 26.7 Å². The molecule has 1 aliphatic rings. The number of ether oxygens (including phenoxy) is 1. The first kappa shape index (κ1) is 21.9. The summed E-state index contributed by atoms with van der Waals surface area (Å²) in [7, 11) is 0. The van der Waals surface area contributed by atoms with Crippen LogP contribution in [-0.2, 0) is 19.1 Å². The number of carbonyl (C=O) groups excluding carboxylic acids is 3. The first-order chi connectivity index (χ1) is 10.2. The Balaban J connectivity index is 0. The fourth-order valence-electron chi connectivity index (χ4n) is 1.37. The number of esters is 1. The molecule has 0 saturated carbocycles. The maximum Gasteiger partial charge on any atom is 0.302 e. The van der Waals surface area contributed by atoms with Crippen molar-refractivity contribution in [2.75, 3.05) is 0 Å². The molecule has 22 heavy (non-hydrogen) atoms. The number of nitrogens with one attached hydrogen (secondary N) is 2. The van der Waals surface area contributed by atoms with E-state index >= 15 is 0 Å². The van der Waals surface area contributed by atoms with E-state index in [-0.39, 0.29) is 29.8 Å². The average molecular weight is 314 g/mol. The van der Waals surface area contributed by atoms with E-state index in [1.165, 1.54) is 19.1 Å². The third kappa shape index (κ3) is 17.6. The Labute approximate surface area is 130 Å². The standard InChI is InChI=1S/C9H18O2.C4H3NO2.CH5N3/c1-4-6-7-9(5-2)11-8(3)10;6-3-1-2-4(7)5-3;2-1(3)4/h9H,4-7H2,1-3H3;1-2H,(H,5,6,7);(H5,2,3,4). The zero-order valence-electron chi connectivity index (χ0n) is 13.3. The van der Waals surface area contributed by atoms with Crippen LogP contribution in [0.15, 0.2) is 12.2 Å². The Bertz CT molecular complexity index is 388. The molecule has 126 valence electrons. The maximum absolute atomic E-state index is 10.6. The second-order valence-corrected chi connectivity index (χ2v) is 4.42. The van der Waals surface area contributed by atoms with E-state index in [1.807, 2.05) is 12.2 Å². The number of nitrogens with two attached hydrogens (primary N) is 2. The van der Waals surface area contributed by atoms with E-state index in [2.05, 4.69) is 18.4 Å². The van der Waals surface area contributed by atoms with Crippen molar-refractivity contribution in [3.63, 3.8) is 0 Å². The molecule has 0 spiro atoms. The number of guanidine groups is 1. The Morgan fingerprint density at radius 3 is 1.95 bits per heavy atom. The van der Waals surface area contributed by atoms with E-state index in [1.54, 1.807) is 0 Å². The van der Waals surface area contributed by atoms with E-state index < -0.39 is 0 Å². The summed E-state index contributed by atoms with van der Waals surface area (Å²) in [6.07, 6.45) is 6.79. The third-order valence-electron chi connectivity index (χ3n) is 2.30. The highest BCUT2D eigenvalue weighted by molar-refractivity contribution is 6.12. The van der Waals surface area contributed by atoms with Crippen LogP contribution in [0.5, 0.6) is 0 Å². The number of amides is 2. The minimum absolute atomic E-state index is 0.146. The molecular formula is C14H26N4O4. The number of hydrogen-bond acceptors (Lipinski definition) is 5. The minimum Gasteiger partial charge on any atom is -0.463 e. The predicted molar refractivity (Wildman–Crippen MR) is 83.8 cm³/mol. The quantitative estimate of drug-likeness (QED) is 0.252. The molecule has 0 aromatic rings. The lowest BCUT2D eigenvalue weighted by Gasteiger charge is -2.13. The fourth-order valence-corrected chi connectivity index (χ4v) is 1.37. The van der Waals surface area contributed by atoms with Gasteiger partial charge in [-0.2, -0.15) is 0 Å². The Morgan fingerprint density at radius 2 is 1.73 bits per heavy atom. The van der Waals surface area contributed by atoms with Crippen molar-refractivity contribution in [2.45, 2.75) is 52.6 Å². The summed E-state index contributed by atoms with van der Waals surface area (Å²) in [5.74, 6) is -1.15. The van der Waals surface area contributed by atoms with Gasteiger partial charge in [-0.05, 0) is 12.8 Å². The highest BCUT2D eigenvalue weighted by Crippen LogP contribution is 2.08. The summed E-state index contributed by atoms with van der Waals surface area (Å²) in [5.41, 5.74) is 8.94. The summed E-state index contributed by atoms with van der Waals surface area (Å²) in [4.78, 5) is 30.6. The van der Waals surface area contributed by atoms with Crippen molar-refractivity contribution >= 4 is 23.7 Å². The van der Waals surface area contributed by atoms with Crippen molar-refractivity contribution in [3.8, 4) is 0 Å². The maximum atomic E-state index is 10.6. The molecule has 1 unspecified atom stereocenters. The van der Waals surface area contributed by atoms with E-state index in [4.69, 9.17) is 10.1 Å². The molecule has 0 aromatic carbocycles. The van der Waals surface area contributed by atoms with Crippen LogP contribution in [0.2, 0.25) is 0 Å². The molecule has 2 amide bonds. The first-order valence-electron chi connectivity index (χ1n) is 7.02. The molecule has 1 rings (SSSR count). The van der Waals surface area contributed by atoms with Gasteiger partial charge in [-0.15, -0.1) is 0 Å².